The number of allylic oxidation sites excluding steroid dienone is 1. The molecule has 3 aromatic rings. The fourth-order valence-corrected chi connectivity index (χ4v) is 2.61. The molecule has 0 aliphatic carbocycles. The normalized spacial score (nSPS) is 11.2. The summed E-state index contributed by atoms with van der Waals surface area (Å²) in [7, 11) is 0. The second-order valence-corrected chi connectivity index (χ2v) is 6.35. The Morgan fingerprint density at radius 2 is 1.57 bits per heavy atom. The Bertz CT molecular complexity index is 1040. The first-order valence-electron chi connectivity index (χ1n) is 8.57. The Hall–Kier alpha value is -3.61. The maximum absolute atomic E-state index is 11.9. The number of carbonyl (C=O) groups is 1. The average molecular weight is 386 g/mol. The number of hydrogen-bond donors (Lipinski definition) is 0. The van der Waals surface area contributed by atoms with Gasteiger partial charge < -0.3 is 4.74 Å². The molecule has 28 heavy (non-hydrogen) atoms. The van der Waals surface area contributed by atoms with Crippen molar-refractivity contribution >= 4 is 35.3 Å². The number of hydrogen-bond acceptors (Lipinski definition) is 3. The van der Waals surface area contributed by atoms with Gasteiger partial charge in [0.05, 0.1) is 11.6 Å². The lowest BCUT2D eigenvalue weighted by Gasteiger charge is -2.03. The average Bonchev–Trinajstić information content (AvgIpc) is 2.73. The predicted molar refractivity (Wildman–Crippen MR) is 112 cm³/mol. The molecule has 0 saturated heterocycles. The molecule has 0 bridgehead atoms. The van der Waals surface area contributed by atoms with Crippen LogP contribution in [0.5, 0.6) is 5.75 Å². The first kappa shape index (κ1) is 19.2. The number of halogens is 1. The summed E-state index contributed by atoms with van der Waals surface area (Å²) in [6.45, 7) is 0. The lowest BCUT2D eigenvalue weighted by molar-refractivity contribution is -0.128. The first-order chi connectivity index (χ1) is 13.6. The molecule has 0 aliphatic heterocycles. The molecule has 0 aromatic heterocycles. The van der Waals surface area contributed by atoms with Crippen LogP contribution in [0.25, 0.3) is 17.7 Å². The molecule has 0 radical (unpaired) electrons. The second-order valence-electron chi connectivity index (χ2n) is 5.91. The predicted octanol–water partition coefficient (Wildman–Crippen LogP) is 6.02. The zero-order chi connectivity index (χ0) is 19.8. The van der Waals surface area contributed by atoms with Gasteiger partial charge in [-0.05, 0) is 53.1 Å². The number of rotatable bonds is 5. The molecule has 136 valence electrons. The summed E-state index contributed by atoms with van der Waals surface area (Å²) in [5.41, 5.74) is 3.05. The van der Waals surface area contributed by atoms with E-state index in [0.717, 1.165) is 16.7 Å². The number of benzene rings is 3. The van der Waals surface area contributed by atoms with Gasteiger partial charge >= 0.3 is 5.97 Å². The number of nitrogens with zero attached hydrogens (tertiary/aromatic N) is 1. The molecule has 0 atom stereocenters. The van der Waals surface area contributed by atoms with Gasteiger partial charge in [-0.1, -0.05) is 66.2 Å². The molecule has 0 unspecified atom stereocenters. The highest BCUT2D eigenvalue weighted by molar-refractivity contribution is 6.30. The highest BCUT2D eigenvalue weighted by Crippen LogP contribution is 2.21. The molecule has 3 nitrogen and oxygen atoms in total. The van der Waals surface area contributed by atoms with Crippen LogP contribution in [0.2, 0.25) is 5.02 Å². The van der Waals surface area contributed by atoms with E-state index in [-0.39, 0.29) is 0 Å². The third-order valence-corrected chi connectivity index (χ3v) is 4.15. The number of carbonyl (C=O) groups excluding carboxylic acids is 1. The third-order valence-electron chi connectivity index (χ3n) is 3.90. The van der Waals surface area contributed by atoms with E-state index in [9.17, 15) is 10.1 Å². The quantitative estimate of drug-likeness (QED) is 0.177. The van der Waals surface area contributed by atoms with Crippen molar-refractivity contribution in [1.29, 1.82) is 5.26 Å². The third kappa shape index (κ3) is 5.44. The van der Waals surface area contributed by atoms with Crippen LogP contribution >= 0.6 is 11.6 Å². The first-order valence-corrected chi connectivity index (χ1v) is 8.94. The molecule has 4 heteroatoms. The van der Waals surface area contributed by atoms with Crippen LogP contribution in [-0.2, 0) is 4.79 Å². The Balaban J connectivity index is 1.67. The Morgan fingerprint density at radius 3 is 2.21 bits per heavy atom. The van der Waals surface area contributed by atoms with E-state index in [2.05, 4.69) is 6.07 Å². The topological polar surface area (TPSA) is 50.1 Å². The van der Waals surface area contributed by atoms with Crippen LogP contribution < -0.4 is 4.74 Å². The number of ether oxygens (including phenoxy) is 1. The summed E-state index contributed by atoms with van der Waals surface area (Å²) in [6, 6.07) is 25.7. The maximum Gasteiger partial charge on any atom is 0.336 e. The SMILES string of the molecule is N#C/C(=C/c1ccc(OC(=O)/C=C/c2ccccc2)cc1)c1ccc(Cl)cc1. The minimum Gasteiger partial charge on any atom is -0.423 e. The molecule has 3 rings (SSSR count). The van der Waals surface area contributed by atoms with Gasteiger partial charge in [0.1, 0.15) is 5.75 Å². The Labute approximate surface area is 168 Å². The summed E-state index contributed by atoms with van der Waals surface area (Å²) in [6.07, 6.45) is 4.85. The summed E-state index contributed by atoms with van der Waals surface area (Å²) in [5.74, 6) is -0.0177. The van der Waals surface area contributed by atoms with Crippen molar-refractivity contribution in [3.8, 4) is 11.8 Å². The molecule has 0 spiro atoms. The molecule has 0 N–H and O–H groups in total. The zero-order valence-electron chi connectivity index (χ0n) is 14.9. The van der Waals surface area contributed by atoms with Gasteiger partial charge in [-0.3, -0.25) is 0 Å². The van der Waals surface area contributed by atoms with Crippen molar-refractivity contribution in [2.24, 2.45) is 0 Å². The fourth-order valence-electron chi connectivity index (χ4n) is 2.49. The molecule has 0 saturated carbocycles. The molecule has 0 aliphatic rings. The van der Waals surface area contributed by atoms with E-state index < -0.39 is 5.97 Å². The smallest absolute Gasteiger partial charge is 0.336 e. The highest BCUT2D eigenvalue weighted by Gasteiger charge is 2.03. The van der Waals surface area contributed by atoms with Crippen LogP contribution in [-0.4, -0.2) is 5.97 Å². The van der Waals surface area contributed by atoms with Gasteiger partial charge in [0.25, 0.3) is 0 Å². The molecule has 3 aromatic carbocycles. The highest BCUT2D eigenvalue weighted by atomic mass is 35.5. The minimum absolute atomic E-state index is 0.435. The molecule has 0 fully saturated rings. The van der Waals surface area contributed by atoms with Gasteiger partial charge in [-0.15, -0.1) is 0 Å². The summed E-state index contributed by atoms with van der Waals surface area (Å²) < 4.78 is 5.29. The van der Waals surface area contributed by atoms with E-state index in [1.807, 2.05) is 30.3 Å². The second kappa shape index (κ2) is 9.36. The standard InChI is InChI=1S/C24H16ClNO2/c25-22-11-9-20(10-12-22)21(17-26)16-19-6-13-23(14-7-19)28-24(27)15-8-18-4-2-1-3-5-18/h1-16H/b15-8+,21-16-. The monoisotopic (exact) mass is 385 g/mol. The van der Waals surface area contributed by atoms with Crippen LogP contribution in [0.3, 0.4) is 0 Å². The maximum atomic E-state index is 11.9. The van der Waals surface area contributed by atoms with Crippen LogP contribution in [0.15, 0.2) is 84.9 Å². The van der Waals surface area contributed by atoms with E-state index in [1.54, 1.807) is 60.7 Å². The van der Waals surface area contributed by atoms with Crippen molar-refractivity contribution in [2.75, 3.05) is 0 Å². The summed E-state index contributed by atoms with van der Waals surface area (Å²) in [5, 5.41) is 10.0. The number of esters is 1. The number of nitriles is 1. The molecular weight excluding hydrogens is 370 g/mol. The van der Waals surface area contributed by atoms with Crippen molar-refractivity contribution < 1.29 is 9.53 Å². The van der Waals surface area contributed by atoms with Gasteiger partial charge in [0, 0.05) is 11.1 Å². The van der Waals surface area contributed by atoms with Crippen molar-refractivity contribution in [2.45, 2.75) is 0 Å². The van der Waals surface area contributed by atoms with Crippen molar-refractivity contribution in [3.05, 3.63) is 107 Å². The minimum atomic E-state index is -0.453. The summed E-state index contributed by atoms with van der Waals surface area (Å²) in [4.78, 5) is 11.9. The van der Waals surface area contributed by atoms with Gasteiger partial charge in [-0.2, -0.15) is 5.26 Å². The van der Waals surface area contributed by atoms with Crippen LogP contribution in [0.4, 0.5) is 0 Å². The molecule has 0 heterocycles. The van der Waals surface area contributed by atoms with Crippen LogP contribution in [0.1, 0.15) is 16.7 Å². The van der Waals surface area contributed by atoms with Gasteiger partial charge in [0.15, 0.2) is 0 Å². The zero-order valence-corrected chi connectivity index (χ0v) is 15.6. The van der Waals surface area contributed by atoms with Crippen LogP contribution in [0, 0.1) is 11.3 Å². The lowest BCUT2D eigenvalue weighted by Crippen LogP contribution is -2.03. The largest absolute Gasteiger partial charge is 0.423 e. The van der Waals surface area contributed by atoms with Gasteiger partial charge in [0.2, 0.25) is 0 Å². The molecular formula is C24H16ClNO2. The fraction of sp³-hybridized carbons (Fsp3) is 0. The molecule has 0 amide bonds. The Morgan fingerprint density at radius 1 is 0.893 bits per heavy atom. The van der Waals surface area contributed by atoms with Crippen molar-refractivity contribution in [1.82, 2.24) is 0 Å². The van der Waals surface area contributed by atoms with Gasteiger partial charge in [-0.25, -0.2) is 4.79 Å². The Kier molecular flexibility index (Phi) is 6.41. The van der Waals surface area contributed by atoms with E-state index in [1.165, 1.54) is 6.08 Å². The van der Waals surface area contributed by atoms with E-state index in [4.69, 9.17) is 16.3 Å². The van der Waals surface area contributed by atoms with E-state index >= 15 is 0 Å². The van der Waals surface area contributed by atoms with Crippen molar-refractivity contribution in [3.63, 3.8) is 0 Å². The lowest BCUT2D eigenvalue weighted by atomic mass is 10.0. The van der Waals surface area contributed by atoms with E-state index in [0.29, 0.717) is 16.3 Å². The summed E-state index contributed by atoms with van der Waals surface area (Å²) >= 11 is 5.89.